The van der Waals surface area contributed by atoms with Gasteiger partial charge in [-0.15, -0.1) is 0 Å². The Morgan fingerprint density at radius 1 is 1.12 bits per heavy atom. The fourth-order valence-electron chi connectivity index (χ4n) is 1.60. The molecule has 0 aliphatic heterocycles. The molecule has 4 nitrogen and oxygen atoms in total. The molecule has 0 unspecified atom stereocenters. The molecule has 0 radical (unpaired) electrons. The molecule has 0 spiro atoms. The second-order valence-electron chi connectivity index (χ2n) is 4.34. The normalized spacial score (nSPS) is 24.2. The lowest BCUT2D eigenvalue weighted by Gasteiger charge is -2.25. The van der Waals surface area contributed by atoms with E-state index in [0.717, 1.165) is 25.7 Å². The number of carboxylic acid groups (broad SMARTS) is 1. The van der Waals surface area contributed by atoms with Gasteiger partial charge in [-0.3, -0.25) is 0 Å². The SMILES string of the molecule is C=C(C)C(=O)O.OCC1CCC(CO)CC1. The molecular formula is C12H22O4. The van der Waals surface area contributed by atoms with Crippen LogP contribution in [-0.4, -0.2) is 34.5 Å². The van der Waals surface area contributed by atoms with Crippen molar-refractivity contribution < 1.29 is 20.1 Å². The third kappa shape index (κ3) is 6.58. The second-order valence-corrected chi connectivity index (χ2v) is 4.34. The Labute approximate surface area is 96.6 Å². The zero-order valence-corrected chi connectivity index (χ0v) is 9.85. The number of aliphatic carboxylic acids is 1. The van der Waals surface area contributed by atoms with E-state index in [9.17, 15) is 4.79 Å². The smallest absolute Gasteiger partial charge is 0.330 e. The molecule has 0 amide bonds. The van der Waals surface area contributed by atoms with Gasteiger partial charge in [-0.2, -0.15) is 0 Å². The summed E-state index contributed by atoms with van der Waals surface area (Å²) < 4.78 is 0. The monoisotopic (exact) mass is 230 g/mol. The maximum Gasteiger partial charge on any atom is 0.330 e. The first-order chi connectivity index (χ1) is 7.51. The summed E-state index contributed by atoms with van der Waals surface area (Å²) in [7, 11) is 0. The first-order valence-corrected chi connectivity index (χ1v) is 5.61. The summed E-state index contributed by atoms with van der Waals surface area (Å²) in [6, 6.07) is 0. The number of hydrogen-bond donors (Lipinski definition) is 3. The van der Waals surface area contributed by atoms with Crippen LogP contribution in [0.4, 0.5) is 0 Å². The first kappa shape index (κ1) is 15.1. The lowest BCUT2D eigenvalue weighted by molar-refractivity contribution is -0.132. The van der Waals surface area contributed by atoms with Gasteiger partial charge in [-0.05, 0) is 44.4 Å². The van der Waals surface area contributed by atoms with Crippen molar-refractivity contribution in [1.82, 2.24) is 0 Å². The van der Waals surface area contributed by atoms with Crippen molar-refractivity contribution in [1.29, 1.82) is 0 Å². The molecule has 1 aliphatic carbocycles. The van der Waals surface area contributed by atoms with Crippen LogP contribution in [0.1, 0.15) is 32.6 Å². The van der Waals surface area contributed by atoms with Gasteiger partial charge >= 0.3 is 5.97 Å². The molecule has 0 atom stereocenters. The third-order valence-electron chi connectivity index (χ3n) is 2.85. The van der Waals surface area contributed by atoms with Crippen molar-refractivity contribution in [2.45, 2.75) is 32.6 Å². The van der Waals surface area contributed by atoms with Gasteiger partial charge in [0, 0.05) is 18.8 Å². The van der Waals surface area contributed by atoms with E-state index in [4.69, 9.17) is 15.3 Å². The summed E-state index contributed by atoms with van der Waals surface area (Å²) in [5.74, 6) is 0.0978. The van der Waals surface area contributed by atoms with Gasteiger partial charge in [0.25, 0.3) is 0 Å². The van der Waals surface area contributed by atoms with E-state index < -0.39 is 5.97 Å². The third-order valence-corrected chi connectivity index (χ3v) is 2.85. The molecule has 1 aliphatic rings. The Balaban J connectivity index is 0.000000325. The minimum absolute atomic E-state index is 0.176. The number of carbonyl (C=O) groups is 1. The number of aliphatic hydroxyl groups is 2. The molecule has 0 aromatic carbocycles. The highest BCUT2D eigenvalue weighted by molar-refractivity contribution is 5.84. The molecule has 0 aromatic heterocycles. The minimum Gasteiger partial charge on any atom is -0.478 e. The Morgan fingerprint density at radius 2 is 1.38 bits per heavy atom. The molecule has 3 N–H and O–H groups in total. The topological polar surface area (TPSA) is 77.8 Å². The molecule has 94 valence electrons. The van der Waals surface area contributed by atoms with Crippen molar-refractivity contribution in [2.75, 3.05) is 13.2 Å². The van der Waals surface area contributed by atoms with E-state index in [1.54, 1.807) is 0 Å². The summed E-state index contributed by atoms with van der Waals surface area (Å²) in [6.07, 6.45) is 4.40. The Bertz CT molecular complexity index is 193. The van der Waals surface area contributed by atoms with Crippen molar-refractivity contribution >= 4 is 5.97 Å². The number of aliphatic hydroxyl groups excluding tert-OH is 2. The van der Waals surface area contributed by atoms with Gasteiger partial charge in [-0.25, -0.2) is 4.79 Å². The molecule has 16 heavy (non-hydrogen) atoms. The maximum atomic E-state index is 9.60. The predicted molar refractivity (Wildman–Crippen MR) is 62.1 cm³/mol. The van der Waals surface area contributed by atoms with Crippen LogP contribution in [0, 0.1) is 11.8 Å². The largest absolute Gasteiger partial charge is 0.478 e. The average molecular weight is 230 g/mol. The van der Waals surface area contributed by atoms with Crippen molar-refractivity contribution in [3.8, 4) is 0 Å². The molecule has 0 aromatic rings. The summed E-state index contributed by atoms with van der Waals surface area (Å²) in [5, 5.41) is 25.5. The molecule has 1 rings (SSSR count). The highest BCUT2D eigenvalue weighted by Gasteiger charge is 2.19. The zero-order valence-electron chi connectivity index (χ0n) is 9.85. The van der Waals surface area contributed by atoms with Gasteiger partial charge in [0.1, 0.15) is 0 Å². The molecular weight excluding hydrogens is 208 g/mol. The van der Waals surface area contributed by atoms with E-state index in [2.05, 4.69) is 6.58 Å². The lowest BCUT2D eigenvalue weighted by Crippen LogP contribution is -2.19. The van der Waals surface area contributed by atoms with Gasteiger partial charge in [0.2, 0.25) is 0 Å². The van der Waals surface area contributed by atoms with Crippen molar-refractivity contribution in [3.05, 3.63) is 12.2 Å². The molecule has 4 heteroatoms. The van der Waals surface area contributed by atoms with Crippen LogP contribution in [0.25, 0.3) is 0 Å². The first-order valence-electron chi connectivity index (χ1n) is 5.61. The van der Waals surface area contributed by atoms with Gasteiger partial charge in [-0.1, -0.05) is 6.58 Å². The van der Waals surface area contributed by atoms with Crippen molar-refractivity contribution in [2.24, 2.45) is 11.8 Å². The zero-order chi connectivity index (χ0) is 12.6. The summed E-state index contributed by atoms with van der Waals surface area (Å²) in [5.41, 5.74) is 0.176. The van der Waals surface area contributed by atoms with E-state index in [1.165, 1.54) is 6.92 Å². The van der Waals surface area contributed by atoms with Crippen LogP contribution in [0.5, 0.6) is 0 Å². The van der Waals surface area contributed by atoms with E-state index in [1.807, 2.05) is 0 Å². The molecule has 1 fully saturated rings. The minimum atomic E-state index is -0.935. The van der Waals surface area contributed by atoms with E-state index in [-0.39, 0.29) is 5.57 Å². The number of hydrogen-bond acceptors (Lipinski definition) is 3. The Kier molecular flexibility index (Phi) is 7.85. The standard InChI is InChI=1S/C8H16O2.C4H6O2/c9-5-7-1-2-8(6-10)4-3-7;1-3(2)4(5)6/h7-10H,1-6H2;1H2,2H3,(H,5,6). The van der Waals surface area contributed by atoms with E-state index in [0.29, 0.717) is 25.0 Å². The fraction of sp³-hybridized carbons (Fsp3) is 0.750. The Hall–Kier alpha value is -0.870. The summed E-state index contributed by atoms with van der Waals surface area (Å²) in [6.45, 7) is 5.26. The highest BCUT2D eigenvalue weighted by atomic mass is 16.4. The van der Waals surface area contributed by atoms with E-state index >= 15 is 0 Å². The molecule has 0 bridgehead atoms. The quantitative estimate of drug-likeness (QED) is 0.641. The molecule has 1 saturated carbocycles. The summed E-state index contributed by atoms with van der Waals surface area (Å²) in [4.78, 5) is 9.60. The average Bonchev–Trinajstić information content (AvgIpc) is 2.30. The van der Waals surface area contributed by atoms with Crippen LogP contribution < -0.4 is 0 Å². The molecule has 0 saturated heterocycles. The van der Waals surface area contributed by atoms with Gasteiger partial charge in [0.05, 0.1) is 0 Å². The molecule has 0 heterocycles. The number of rotatable bonds is 3. The van der Waals surface area contributed by atoms with Crippen LogP contribution in [0.15, 0.2) is 12.2 Å². The fourth-order valence-corrected chi connectivity index (χ4v) is 1.60. The maximum absolute atomic E-state index is 9.60. The predicted octanol–water partition coefficient (Wildman–Crippen LogP) is 1.42. The van der Waals surface area contributed by atoms with Crippen LogP contribution in [0.2, 0.25) is 0 Å². The van der Waals surface area contributed by atoms with Gasteiger partial charge in [0.15, 0.2) is 0 Å². The lowest BCUT2D eigenvalue weighted by atomic mass is 9.83. The van der Waals surface area contributed by atoms with Gasteiger partial charge < -0.3 is 15.3 Å². The van der Waals surface area contributed by atoms with Crippen LogP contribution in [-0.2, 0) is 4.79 Å². The van der Waals surface area contributed by atoms with Crippen molar-refractivity contribution in [3.63, 3.8) is 0 Å². The highest BCUT2D eigenvalue weighted by Crippen LogP contribution is 2.27. The van der Waals surface area contributed by atoms with Crippen LogP contribution in [0.3, 0.4) is 0 Å². The van der Waals surface area contributed by atoms with Crippen LogP contribution >= 0.6 is 0 Å². The second kappa shape index (κ2) is 8.30. The summed E-state index contributed by atoms with van der Waals surface area (Å²) >= 11 is 0. The number of carboxylic acids is 1. The Morgan fingerprint density at radius 3 is 1.50 bits per heavy atom.